The molecular formula is C21H14ClN. The fraction of sp³-hybridized carbons (Fsp3) is 0. The maximum Gasteiger partial charge on any atom is 0.0709 e. The molecule has 1 nitrogen and oxygen atoms in total. The van der Waals surface area contributed by atoms with Crippen molar-refractivity contribution in [1.82, 2.24) is 4.98 Å². The molecule has 0 fully saturated rings. The van der Waals surface area contributed by atoms with Crippen molar-refractivity contribution < 1.29 is 0 Å². The van der Waals surface area contributed by atoms with Crippen LogP contribution in [-0.2, 0) is 0 Å². The topological polar surface area (TPSA) is 12.9 Å². The molecule has 23 heavy (non-hydrogen) atoms. The number of nitrogens with zero attached hydrogens (tertiary/aromatic N) is 1. The lowest BCUT2D eigenvalue weighted by Gasteiger charge is -2.13. The third kappa shape index (κ3) is 2.60. The van der Waals surface area contributed by atoms with Gasteiger partial charge in [0.25, 0.3) is 0 Å². The Labute approximate surface area is 140 Å². The lowest BCUT2D eigenvalue weighted by molar-refractivity contribution is 1.40. The van der Waals surface area contributed by atoms with Crippen LogP contribution in [-0.4, -0.2) is 4.98 Å². The number of rotatable bonds is 2. The average molecular weight is 316 g/mol. The molecule has 0 N–H and O–H groups in total. The molecule has 0 atom stereocenters. The number of fused-ring (bicyclic) bond motifs is 1. The van der Waals surface area contributed by atoms with Crippen molar-refractivity contribution in [2.45, 2.75) is 0 Å². The first-order valence-corrected chi connectivity index (χ1v) is 7.90. The van der Waals surface area contributed by atoms with Gasteiger partial charge in [-0.2, -0.15) is 0 Å². The largest absolute Gasteiger partial charge is 0.256 e. The Bertz CT molecular complexity index is 963. The van der Waals surface area contributed by atoms with Crippen molar-refractivity contribution in [1.29, 1.82) is 0 Å². The van der Waals surface area contributed by atoms with Gasteiger partial charge < -0.3 is 0 Å². The highest BCUT2D eigenvalue weighted by Crippen LogP contribution is 2.37. The Hall–Kier alpha value is -2.64. The number of hydrogen-bond donors (Lipinski definition) is 0. The van der Waals surface area contributed by atoms with Gasteiger partial charge in [-0.3, -0.25) is 4.98 Å². The Morgan fingerprint density at radius 3 is 2.04 bits per heavy atom. The number of pyridine rings is 1. The monoisotopic (exact) mass is 315 g/mol. The van der Waals surface area contributed by atoms with E-state index in [1.807, 2.05) is 48.7 Å². The normalized spacial score (nSPS) is 10.8. The summed E-state index contributed by atoms with van der Waals surface area (Å²) in [6.45, 7) is 0. The maximum atomic E-state index is 6.25. The van der Waals surface area contributed by atoms with Crippen molar-refractivity contribution in [3.63, 3.8) is 0 Å². The summed E-state index contributed by atoms with van der Waals surface area (Å²) >= 11 is 6.25. The van der Waals surface area contributed by atoms with Crippen molar-refractivity contribution in [3.05, 3.63) is 90.1 Å². The average Bonchev–Trinajstić information content (AvgIpc) is 2.62. The molecule has 0 aliphatic heterocycles. The number of halogens is 1. The van der Waals surface area contributed by atoms with E-state index >= 15 is 0 Å². The zero-order valence-electron chi connectivity index (χ0n) is 12.4. The van der Waals surface area contributed by atoms with E-state index in [-0.39, 0.29) is 0 Å². The fourth-order valence-electron chi connectivity index (χ4n) is 2.92. The first-order chi connectivity index (χ1) is 11.3. The number of benzene rings is 3. The first-order valence-electron chi connectivity index (χ1n) is 7.52. The van der Waals surface area contributed by atoms with E-state index < -0.39 is 0 Å². The summed E-state index contributed by atoms with van der Waals surface area (Å²) < 4.78 is 0. The van der Waals surface area contributed by atoms with E-state index in [4.69, 9.17) is 11.6 Å². The molecule has 1 aromatic heterocycles. The molecule has 0 amide bonds. The Balaban J connectivity index is 2.11. The second-order valence-corrected chi connectivity index (χ2v) is 5.88. The molecule has 0 saturated heterocycles. The summed E-state index contributed by atoms with van der Waals surface area (Å²) in [5, 5.41) is 1.80. The molecule has 1 heterocycles. The molecule has 2 heteroatoms. The van der Waals surface area contributed by atoms with Gasteiger partial charge in [0.2, 0.25) is 0 Å². The lowest BCUT2D eigenvalue weighted by Crippen LogP contribution is -1.90. The Morgan fingerprint density at radius 1 is 0.696 bits per heavy atom. The Kier molecular flexibility index (Phi) is 3.57. The SMILES string of the molecule is Clc1ccc2ncc(-c3ccccc3)c(-c3ccccc3)c2c1. The van der Waals surface area contributed by atoms with Gasteiger partial charge >= 0.3 is 0 Å². The molecule has 110 valence electrons. The molecule has 0 saturated carbocycles. The quantitative estimate of drug-likeness (QED) is 0.428. The van der Waals surface area contributed by atoms with Gasteiger partial charge in [0, 0.05) is 27.7 Å². The van der Waals surface area contributed by atoms with Crippen molar-refractivity contribution in [2.75, 3.05) is 0 Å². The van der Waals surface area contributed by atoms with E-state index in [9.17, 15) is 0 Å². The van der Waals surface area contributed by atoms with Crippen LogP contribution in [0.4, 0.5) is 0 Å². The minimum atomic E-state index is 0.724. The first kappa shape index (κ1) is 14.0. The predicted octanol–water partition coefficient (Wildman–Crippen LogP) is 6.22. The van der Waals surface area contributed by atoms with Crippen LogP contribution in [0.25, 0.3) is 33.2 Å². The predicted molar refractivity (Wildman–Crippen MR) is 97.6 cm³/mol. The molecule has 0 unspecified atom stereocenters. The van der Waals surface area contributed by atoms with Crippen molar-refractivity contribution >= 4 is 22.5 Å². The third-order valence-corrected chi connectivity index (χ3v) is 4.21. The third-order valence-electron chi connectivity index (χ3n) is 3.98. The summed E-state index contributed by atoms with van der Waals surface area (Å²) in [6, 6.07) is 26.6. The molecule has 0 bridgehead atoms. The van der Waals surface area contributed by atoms with E-state index in [0.29, 0.717) is 0 Å². The summed E-state index contributed by atoms with van der Waals surface area (Å²) in [6.07, 6.45) is 1.95. The molecule has 0 spiro atoms. The van der Waals surface area contributed by atoms with Gasteiger partial charge in [0.15, 0.2) is 0 Å². The smallest absolute Gasteiger partial charge is 0.0709 e. The van der Waals surface area contributed by atoms with Gasteiger partial charge in [-0.15, -0.1) is 0 Å². The highest BCUT2D eigenvalue weighted by atomic mass is 35.5. The number of hydrogen-bond acceptors (Lipinski definition) is 1. The Morgan fingerprint density at radius 2 is 1.35 bits per heavy atom. The van der Waals surface area contributed by atoms with E-state index in [2.05, 4.69) is 41.4 Å². The van der Waals surface area contributed by atoms with Crippen molar-refractivity contribution in [3.8, 4) is 22.3 Å². The fourth-order valence-corrected chi connectivity index (χ4v) is 3.09. The lowest BCUT2D eigenvalue weighted by atomic mass is 9.93. The van der Waals surface area contributed by atoms with Gasteiger partial charge in [-0.05, 0) is 29.3 Å². The molecule has 0 radical (unpaired) electrons. The molecule has 0 aliphatic carbocycles. The summed E-state index contributed by atoms with van der Waals surface area (Å²) in [4.78, 5) is 4.63. The summed E-state index contributed by atoms with van der Waals surface area (Å²) in [5.41, 5.74) is 5.56. The van der Waals surface area contributed by atoms with Crippen LogP contribution >= 0.6 is 11.6 Å². The zero-order valence-corrected chi connectivity index (χ0v) is 13.2. The van der Waals surface area contributed by atoms with Crippen molar-refractivity contribution in [2.24, 2.45) is 0 Å². The highest BCUT2D eigenvalue weighted by Gasteiger charge is 2.12. The minimum absolute atomic E-state index is 0.724. The van der Waals surface area contributed by atoms with Gasteiger partial charge in [-0.1, -0.05) is 72.3 Å². The molecule has 4 aromatic rings. The molecule has 0 aliphatic rings. The van der Waals surface area contributed by atoms with Crippen LogP contribution in [0.2, 0.25) is 5.02 Å². The van der Waals surface area contributed by atoms with Gasteiger partial charge in [0.05, 0.1) is 5.52 Å². The van der Waals surface area contributed by atoms with Crippen LogP contribution in [0.15, 0.2) is 85.1 Å². The standard InChI is InChI=1S/C21H14ClN/c22-17-11-12-20-18(13-17)21(16-9-5-2-6-10-16)19(14-23-20)15-7-3-1-4-8-15/h1-14H. The zero-order chi connectivity index (χ0) is 15.6. The van der Waals surface area contributed by atoms with Crippen LogP contribution in [0, 0.1) is 0 Å². The number of aromatic nitrogens is 1. The van der Waals surface area contributed by atoms with Crippen LogP contribution < -0.4 is 0 Å². The van der Waals surface area contributed by atoms with Crippen LogP contribution in [0.1, 0.15) is 0 Å². The van der Waals surface area contributed by atoms with Gasteiger partial charge in [0.1, 0.15) is 0 Å². The molecule has 3 aromatic carbocycles. The van der Waals surface area contributed by atoms with E-state index in [1.54, 1.807) is 0 Å². The summed E-state index contributed by atoms with van der Waals surface area (Å²) in [5.74, 6) is 0. The van der Waals surface area contributed by atoms with Crippen LogP contribution in [0.5, 0.6) is 0 Å². The van der Waals surface area contributed by atoms with Gasteiger partial charge in [-0.25, -0.2) is 0 Å². The second kappa shape index (κ2) is 5.86. The van der Waals surface area contributed by atoms with E-state index in [1.165, 1.54) is 11.1 Å². The maximum absolute atomic E-state index is 6.25. The van der Waals surface area contributed by atoms with Crippen LogP contribution in [0.3, 0.4) is 0 Å². The highest BCUT2D eigenvalue weighted by molar-refractivity contribution is 6.31. The second-order valence-electron chi connectivity index (χ2n) is 5.44. The molecule has 4 rings (SSSR count). The van der Waals surface area contributed by atoms with E-state index in [0.717, 1.165) is 27.1 Å². The molecular weight excluding hydrogens is 302 g/mol. The summed E-state index contributed by atoms with van der Waals surface area (Å²) in [7, 11) is 0. The minimum Gasteiger partial charge on any atom is -0.256 e.